The van der Waals surface area contributed by atoms with E-state index in [0.717, 1.165) is 39.2 Å². The van der Waals surface area contributed by atoms with Gasteiger partial charge in [-0.25, -0.2) is 4.79 Å². The van der Waals surface area contributed by atoms with Crippen LogP contribution in [-0.2, 0) is 6.54 Å². The molecule has 0 aliphatic carbocycles. The topological polar surface area (TPSA) is 79.1 Å². The first-order valence-electron chi connectivity index (χ1n) is 10.4. The molecule has 6 nitrogen and oxygen atoms in total. The number of fused-ring (bicyclic) bond motifs is 1. The van der Waals surface area contributed by atoms with Crippen LogP contribution in [0.15, 0.2) is 66.7 Å². The maximum Gasteiger partial charge on any atom is 0.323 e. The number of methoxy groups -OCH3 is 1. The Morgan fingerprint density at radius 1 is 1.03 bits per heavy atom. The highest BCUT2D eigenvalue weighted by molar-refractivity contribution is 6.00. The number of anilines is 2. The Hall–Kier alpha value is -4.24. The van der Waals surface area contributed by atoms with Crippen LogP contribution < -0.4 is 15.4 Å². The largest absolute Gasteiger partial charge is 0.497 e. The number of nitrogens with one attached hydrogen (secondary N) is 2. The summed E-state index contributed by atoms with van der Waals surface area (Å²) in [6.07, 6.45) is 0. The van der Waals surface area contributed by atoms with Crippen LogP contribution in [0.25, 0.3) is 22.2 Å². The highest BCUT2D eigenvalue weighted by Crippen LogP contribution is 2.36. The summed E-state index contributed by atoms with van der Waals surface area (Å²) in [5.74, 6) is 0.740. The lowest BCUT2D eigenvalue weighted by Crippen LogP contribution is -2.19. The van der Waals surface area contributed by atoms with Crippen molar-refractivity contribution in [2.24, 2.45) is 0 Å². The van der Waals surface area contributed by atoms with Gasteiger partial charge in [-0.2, -0.15) is 5.26 Å². The molecule has 0 bridgehead atoms. The molecule has 0 aliphatic heterocycles. The second-order valence-electron chi connectivity index (χ2n) is 7.49. The molecule has 1 heterocycles. The predicted molar refractivity (Wildman–Crippen MR) is 128 cm³/mol. The fourth-order valence-electron chi connectivity index (χ4n) is 3.87. The Balaban J connectivity index is 1.69. The van der Waals surface area contributed by atoms with Gasteiger partial charge < -0.3 is 19.9 Å². The van der Waals surface area contributed by atoms with Gasteiger partial charge in [0.2, 0.25) is 0 Å². The van der Waals surface area contributed by atoms with Crippen molar-refractivity contribution >= 4 is 28.3 Å². The van der Waals surface area contributed by atoms with Gasteiger partial charge >= 0.3 is 6.03 Å². The van der Waals surface area contributed by atoms with Gasteiger partial charge in [0.15, 0.2) is 0 Å². The smallest absolute Gasteiger partial charge is 0.323 e. The monoisotopic (exact) mass is 424 g/mol. The molecule has 0 saturated heterocycles. The first kappa shape index (κ1) is 21.0. The second-order valence-corrected chi connectivity index (χ2v) is 7.49. The van der Waals surface area contributed by atoms with Crippen LogP contribution in [0, 0.1) is 18.3 Å². The molecule has 0 unspecified atom stereocenters. The molecule has 0 spiro atoms. The molecule has 4 rings (SSSR count). The van der Waals surface area contributed by atoms with Crippen LogP contribution in [0.3, 0.4) is 0 Å². The summed E-state index contributed by atoms with van der Waals surface area (Å²) in [4.78, 5) is 12.5. The molecule has 6 heteroatoms. The molecule has 0 saturated carbocycles. The van der Waals surface area contributed by atoms with Crippen molar-refractivity contribution in [3.8, 4) is 23.1 Å². The lowest BCUT2D eigenvalue weighted by Gasteiger charge is -2.12. The summed E-state index contributed by atoms with van der Waals surface area (Å²) in [6.45, 7) is 4.73. The minimum Gasteiger partial charge on any atom is -0.497 e. The Morgan fingerprint density at radius 2 is 1.78 bits per heavy atom. The third-order valence-corrected chi connectivity index (χ3v) is 5.40. The van der Waals surface area contributed by atoms with Crippen molar-refractivity contribution in [3.05, 3.63) is 77.9 Å². The van der Waals surface area contributed by atoms with E-state index >= 15 is 0 Å². The highest BCUT2D eigenvalue weighted by Gasteiger charge is 2.19. The maximum atomic E-state index is 12.5. The zero-order chi connectivity index (χ0) is 22.7. The van der Waals surface area contributed by atoms with Crippen molar-refractivity contribution in [1.82, 2.24) is 4.57 Å². The number of carbonyl (C=O) groups excluding carboxylic acids is 1. The number of urea groups is 1. The number of aromatic nitrogens is 1. The van der Waals surface area contributed by atoms with E-state index in [9.17, 15) is 10.1 Å². The fraction of sp³-hybridized carbons (Fsp3) is 0.154. The lowest BCUT2D eigenvalue weighted by molar-refractivity contribution is 0.262. The number of rotatable bonds is 5. The van der Waals surface area contributed by atoms with E-state index in [1.54, 1.807) is 7.11 Å². The molecule has 3 aromatic carbocycles. The zero-order valence-corrected chi connectivity index (χ0v) is 18.3. The summed E-state index contributed by atoms with van der Waals surface area (Å²) in [6, 6.07) is 22.9. The van der Waals surface area contributed by atoms with E-state index < -0.39 is 0 Å². The summed E-state index contributed by atoms with van der Waals surface area (Å²) in [5.41, 5.74) is 5.70. The second kappa shape index (κ2) is 8.86. The number of hydrogen-bond donors (Lipinski definition) is 2. The molecule has 2 N–H and O–H groups in total. The summed E-state index contributed by atoms with van der Waals surface area (Å²) in [5, 5.41) is 16.5. The van der Waals surface area contributed by atoms with E-state index in [2.05, 4.69) is 21.3 Å². The number of benzene rings is 3. The molecular formula is C26H24N4O2. The van der Waals surface area contributed by atoms with Gasteiger partial charge in [0.05, 0.1) is 23.9 Å². The summed E-state index contributed by atoms with van der Waals surface area (Å²) in [7, 11) is 1.63. The molecule has 0 atom stereocenters. The van der Waals surface area contributed by atoms with Gasteiger partial charge in [0.1, 0.15) is 11.8 Å². The van der Waals surface area contributed by atoms with Crippen LogP contribution in [0.4, 0.5) is 16.2 Å². The number of aryl methyl sites for hydroxylation is 2. The van der Waals surface area contributed by atoms with E-state index in [1.165, 1.54) is 0 Å². The van der Waals surface area contributed by atoms with Crippen molar-refractivity contribution in [2.45, 2.75) is 20.4 Å². The average Bonchev–Trinajstić information content (AvgIpc) is 3.13. The highest BCUT2D eigenvalue weighted by atomic mass is 16.5. The lowest BCUT2D eigenvalue weighted by atomic mass is 10.1. The van der Waals surface area contributed by atoms with Gasteiger partial charge in [0.25, 0.3) is 0 Å². The molecule has 0 aliphatic rings. The normalized spacial score (nSPS) is 10.6. The van der Waals surface area contributed by atoms with Gasteiger partial charge in [-0.3, -0.25) is 0 Å². The number of carbonyl (C=O) groups is 1. The summed E-state index contributed by atoms with van der Waals surface area (Å²) >= 11 is 0. The molecule has 2 amide bonds. The third-order valence-electron chi connectivity index (χ3n) is 5.40. The minimum absolute atomic E-state index is 0.327. The molecule has 160 valence electrons. The number of nitrogens with zero attached hydrogens (tertiary/aromatic N) is 2. The maximum absolute atomic E-state index is 12.5. The number of amides is 2. The standard InChI is InChI=1S/C26H24N4O2/c1-4-30-24-15-21(32-3)12-13-22(24)23(16-27)25(30)18-6-5-7-20(14-18)29-26(31)28-19-10-8-17(2)9-11-19/h5-15H,4H2,1-3H3,(H2,28,29,31). The van der Waals surface area contributed by atoms with E-state index in [4.69, 9.17) is 4.74 Å². The van der Waals surface area contributed by atoms with Crippen molar-refractivity contribution < 1.29 is 9.53 Å². The predicted octanol–water partition coefficient (Wildman–Crippen LogP) is 6.16. The van der Waals surface area contributed by atoms with Gasteiger partial charge in [0, 0.05) is 34.9 Å². The van der Waals surface area contributed by atoms with E-state index in [0.29, 0.717) is 17.8 Å². The fourth-order valence-corrected chi connectivity index (χ4v) is 3.87. The van der Waals surface area contributed by atoms with Gasteiger partial charge in [-0.15, -0.1) is 0 Å². The van der Waals surface area contributed by atoms with Gasteiger partial charge in [-0.05, 0) is 50.2 Å². The third kappa shape index (κ3) is 4.01. The quantitative estimate of drug-likeness (QED) is 0.403. The molecule has 0 fully saturated rings. The van der Waals surface area contributed by atoms with Crippen LogP contribution in [-0.4, -0.2) is 17.7 Å². The van der Waals surface area contributed by atoms with Crippen LogP contribution in [0.5, 0.6) is 5.75 Å². The van der Waals surface area contributed by atoms with Crippen LogP contribution in [0.2, 0.25) is 0 Å². The number of nitriles is 1. The molecular weight excluding hydrogens is 400 g/mol. The first-order chi connectivity index (χ1) is 15.5. The van der Waals surface area contributed by atoms with Gasteiger partial charge in [-0.1, -0.05) is 29.8 Å². The molecule has 32 heavy (non-hydrogen) atoms. The zero-order valence-electron chi connectivity index (χ0n) is 18.3. The summed E-state index contributed by atoms with van der Waals surface area (Å²) < 4.78 is 7.48. The Morgan fingerprint density at radius 3 is 2.47 bits per heavy atom. The molecule has 1 aromatic heterocycles. The van der Waals surface area contributed by atoms with Crippen molar-refractivity contribution in [2.75, 3.05) is 17.7 Å². The number of hydrogen-bond acceptors (Lipinski definition) is 3. The van der Waals surface area contributed by atoms with E-state index in [1.807, 2.05) is 80.6 Å². The first-order valence-corrected chi connectivity index (χ1v) is 10.4. The Kier molecular flexibility index (Phi) is 5.82. The SMILES string of the molecule is CCn1c(-c2cccc(NC(=O)Nc3ccc(C)cc3)c2)c(C#N)c2ccc(OC)cc21. The molecule has 0 radical (unpaired) electrons. The van der Waals surface area contributed by atoms with Crippen LogP contribution >= 0.6 is 0 Å². The average molecular weight is 425 g/mol. The van der Waals surface area contributed by atoms with Crippen molar-refractivity contribution in [3.63, 3.8) is 0 Å². The minimum atomic E-state index is -0.327. The molecule has 4 aromatic rings. The van der Waals surface area contributed by atoms with E-state index in [-0.39, 0.29) is 6.03 Å². The Bertz CT molecular complexity index is 1330. The Labute approximate surface area is 187 Å². The van der Waals surface area contributed by atoms with Crippen LogP contribution in [0.1, 0.15) is 18.1 Å². The number of ether oxygens (including phenoxy) is 1. The van der Waals surface area contributed by atoms with Crippen molar-refractivity contribution in [1.29, 1.82) is 5.26 Å².